The summed E-state index contributed by atoms with van der Waals surface area (Å²) in [6.07, 6.45) is 0. The first-order chi connectivity index (χ1) is 9.99. The lowest BCUT2D eigenvalue weighted by molar-refractivity contribution is 0.514. The molecule has 0 saturated heterocycles. The molecule has 0 fully saturated rings. The van der Waals surface area contributed by atoms with Crippen molar-refractivity contribution in [1.82, 2.24) is 9.78 Å². The molecule has 2 aromatic rings. The number of aryl methyl sites for hydroxylation is 2. The van der Waals surface area contributed by atoms with Gasteiger partial charge in [0.15, 0.2) is 0 Å². The molecule has 3 nitrogen and oxygen atoms in total. The zero-order chi connectivity index (χ0) is 15.1. The first-order valence-electron chi connectivity index (χ1n) is 7.82. The number of rotatable bonds is 3. The fourth-order valence-electron chi connectivity index (χ4n) is 3.48. The van der Waals surface area contributed by atoms with Gasteiger partial charge in [0, 0.05) is 43.0 Å². The second-order valence-electron chi connectivity index (χ2n) is 6.56. The quantitative estimate of drug-likeness (QED) is 0.854. The van der Waals surface area contributed by atoms with Crippen LogP contribution in [0.25, 0.3) is 0 Å². The molecule has 3 heteroatoms. The van der Waals surface area contributed by atoms with E-state index in [2.05, 4.69) is 62.0 Å². The Morgan fingerprint density at radius 2 is 1.95 bits per heavy atom. The van der Waals surface area contributed by atoms with Crippen LogP contribution in [-0.2, 0) is 13.6 Å². The third kappa shape index (κ3) is 2.35. The molecule has 0 spiro atoms. The first kappa shape index (κ1) is 14.2. The molecule has 0 N–H and O–H groups in total. The highest BCUT2D eigenvalue weighted by Crippen LogP contribution is 2.41. The Bertz CT molecular complexity index is 654. The molecule has 1 unspecified atom stereocenters. The van der Waals surface area contributed by atoms with Crippen LogP contribution >= 0.6 is 0 Å². The average Bonchev–Trinajstić information content (AvgIpc) is 2.93. The molecular weight excluding hydrogens is 258 g/mol. The van der Waals surface area contributed by atoms with Crippen LogP contribution in [0.3, 0.4) is 0 Å². The van der Waals surface area contributed by atoms with Crippen molar-refractivity contribution in [2.45, 2.75) is 40.2 Å². The van der Waals surface area contributed by atoms with E-state index in [1.54, 1.807) is 0 Å². The van der Waals surface area contributed by atoms with Crippen LogP contribution in [0.4, 0.5) is 5.69 Å². The summed E-state index contributed by atoms with van der Waals surface area (Å²) in [5.41, 5.74) is 6.71. The van der Waals surface area contributed by atoms with E-state index < -0.39 is 0 Å². The highest BCUT2D eigenvalue weighted by molar-refractivity contribution is 5.60. The van der Waals surface area contributed by atoms with Crippen LogP contribution in [0.5, 0.6) is 0 Å². The zero-order valence-corrected chi connectivity index (χ0v) is 13.7. The maximum absolute atomic E-state index is 4.55. The van der Waals surface area contributed by atoms with Gasteiger partial charge in [0.1, 0.15) is 0 Å². The molecule has 0 amide bonds. The fourth-order valence-corrected chi connectivity index (χ4v) is 3.48. The van der Waals surface area contributed by atoms with Crippen LogP contribution < -0.4 is 4.90 Å². The minimum absolute atomic E-state index is 0.637. The summed E-state index contributed by atoms with van der Waals surface area (Å²) in [6.45, 7) is 11.0. The standard InChI is InChI=1S/C18H25N3/c1-12(2)16-10-21(18-9-7-6-8-15(16)18)11-17-13(3)19-20(5)14(17)4/h6-9,12,16H,10-11H2,1-5H3. The monoisotopic (exact) mass is 283 g/mol. The Balaban J connectivity index is 1.94. The molecule has 1 atom stereocenters. The minimum Gasteiger partial charge on any atom is -0.366 e. The van der Waals surface area contributed by atoms with Gasteiger partial charge in [-0.15, -0.1) is 0 Å². The largest absolute Gasteiger partial charge is 0.366 e. The van der Waals surface area contributed by atoms with Crippen molar-refractivity contribution in [2.75, 3.05) is 11.4 Å². The van der Waals surface area contributed by atoms with E-state index in [-0.39, 0.29) is 0 Å². The summed E-state index contributed by atoms with van der Waals surface area (Å²) >= 11 is 0. The maximum atomic E-state index is 4.55. The molecule has 1 aromatic carbocycles. The molecule has 0 saturated carbocycles. The Morgan fingerprint density at radius 1 is 1.24 bits per heavy atom. The van der Waals surface area contributed by atoms with Gasteiger partial charge in [-0.2, -0.15) is 5.10 Å². The SMILES string of the molecule is Cc1nn(C)c(C)c1CN1CC(C(C)C)c2ccccc21. The van der Waals surface area contributed by atoms with E-state index in [0.717, 1.165) is 18.8 Å². The van der Waals surface area contributed by atoms with E-state index >= 15 is 0 Å². The molecule has 0 radical (unpaired) electrons. The molecule has 1 aliphatic heterocycles. The van der Waals surface area contributed by atoms with E-state index in [1.807, 2.05) is 11.7 Å². The Morgan fingerprint density at radius 3 is 2.57 bits per heavy atom. The Hall–Kier alpha value is -1.77. The van der Waals surface area contributed by atoms with Gasteiger partial charge in [-0.3, -0.25) is 4.68 Å². The second-order valence-corrected chi connectivity index (χ2v) is 6.56. The summed E-state index contributed by atoms with van der Waals surface area (Å²) < 4.78 is 1.99. The molecule has 21 heavy (non-hydrogen) atoms. The number of fused-ring (bicyclic) bond motifs is 1. The van der Waals surface area contributed by atoms with Gasteiger partial charge in [0.25, 0.3) is 0 Å². The average molecular weight is 283 g/mol. The number of hydrogen-bond acceptors (Lipinski definition) is 2. The van der Waals surface area contributed by atoms with Crippen LogP contribution in [0.1, 0.15) is 42.3 Å². The molecular formula is C18H25N3. The van der Waals surface area contributed by atoms with E-state index in [4.69, 9.17) is 0 Å². The Kier molecular flexibility index (Phi) is 3.52. The second kappa shape index (κ2) is 5.21. The summed E-state index contributed by atoms with van der Waals surface area (Å²) in [5.74, 6) is 1.31. The zero-order valence-electron chi connectivity index (χ0n) is 13.7. The van der Waals surface area contributed by atoms with Gasteiger partial charge in [-0.25, -0.2) is 0 Å². The highest BCUT2D eigenvalue weighted by atomic mass is 15.3. The van der Waals surface area contributed by atoms with Crippen molar-refractivity contribution in [1.29, 1.82) is 0 Å². The lowest BCUT2D eigenvalue weighted by Crippen LogP contribution is -2.23. The number of para-hydroxylation sites is 1. The number of nitrogens with zero attached hydrogens (tertiary/aromatic N) is 3. The summed E-state index contributed by atoms with van der Waals surface area (Å²) in [5, 5.41) is 4.55. The molecule has 3 rings (SSSR count). The first-order valence-corrected chi connectivity index (χ1v) is 7.82. The maximum Gasteiger partial charge on any atom is 0.0646 e. The normalized spacial score (nSPS) is 17.6. The number of benzene rings is 1. The third-order valence-corrected chi connectivity index (χ3v) is 4.91. The van der Waals surface area contributed by atoms with E-state index in [0.29, 0.717) is 11.8 Å². The van der Waals surface area contributed by atoms with Crippen LogP contribution in [0, 0.1) is 19.8 Å². The van der Waals surface area contributed by atoms with Crippen molar-refractivity contribution < 1.29 is 0 Å². The van der Waals surface area contributed by atoms with Crippen molar-refractivity contribution in [3.8, 4) is 0 Å². The van der Waals surface area contributed by atoms with Crippen LogP contribution in [0.2, 0.25) is 0 Å². The van der Waals surface area contributed by atoms with E-state index in [1.165, 1.54) is 22.5 Å². The van der Waals surface area contributed by atoms with Crippen molar-refractivity contribution in [3.63, 3.8) is 0 Å². The fraction of sp³-hybridized carbons (Fsp3) is 0.500. The van der Waals surface area contributed by atoms with Crippen LogP contribution in [0.15, 0.2) is 24.3 Å². The topological polar surface area (TPSA) is 21.1 Å². The lowest BCUT2D eigenvalue weighted by Gasteiger charge is -2.21. The third-order valence-electron chi connectivity index (χ3n) is 4.91. The van der Waals surface area contributed by atoms with Crippen molar-refractivity contribution in [3.05, 3.63) is 46.8 Å². The van der Waals surface area contributed by atoms with Crippen molar-refractivity contribution >= 4 is 5.69 Å². The van der Waals surface area contributed by atoms with Gasteiger partial charge >= 0.3 is 0 Å². The predicted octanol–water partition coefficient (Wildman–Crippen LogP) is 3.80. The van der Waals surface area contributed by atoms with Crippen molar-refractivity contribution in [2.24, 2.45) is 13.0 Å². The summed E-state index contributed by atoms with van der Waals surface area (Å²) in [7, 11) is 2.03. The highest BCUT2D eigenvalue weighted by Gasteiger charge is 2.30. The van der Waals surface area contributed by atoms with Gasteiger partial charge < -0.3 is 4.90 Å². The van der Waals surface area contributed by atoms with Gasteiger partial charge in [-0.05, 0) is 31.4 Å². The molecule has 0 bridgehead atoms. The molecule has 1 aliphatic rings. The van der Waals surface area contributed by atoms with Crippen LogP contribution in [-0.4, -0.2) is 16.3 Å². The smallest absolute Gasteiger partial charge is 0.0646 e. The van der Waals surface area contributed by atoms with Gasteiger partial charge in [-0.1, -0.05) is 32.0 Å². The lowest BCUT2D eigenvalue weighted by atomic mass is 9.90. The predicted molar refractivity (Wildman–Crippen MR) is 87.8 cm³/mol. The van der Waals surface area contributed by atoms with Gasteiger partial charge in [0.2, 0.25) is 0 Å². The number of hydrogen-bond donors (Lipinski definition) is 0. The summed E-state index contributed by atoms with van der Waals surface area (Å²) in [4.78, 5) is 2.52. The summed E-state index contributed by atoms with van der Waals surface area (Å²) in [6, 6.07) is 8.87. The van der Waals surface area contributed by atoms with E-state index in [9.17, 15) is 0 Å². The minimum atomic E-state index is 0.637. The number of anilines is 1. The molecule has 0 aliphatic carbocycles. The molecule has 2 heterocycles. The number of aromatic nitrogens is 2. The Labute approximate surface area is 127 Å². The van der Waals surface area contributed by atoms with Gasteiger partial charge in [0.05, 0.1) is 5.69 Å². The molecule has 1 aromatic heterocycles. The molecule has 112 valence electrons.